The van der Waals surface area contributed by atoms with Crippen LogP contribution in [-0.2, 0) is 0 Å². The molecule has 0 heterocycles. The minimum atomic E-state index is -0.414. The van der Waals surface area contributed by atoms with Crippen molar-refractivity contribution in [3.63, 3.8) is 0 Å². The molecule has 0 radical (unpaired) electrons. The smallest absolute Gasteiger partial charge is 0.333 e. The molecule has 1 aromatic carbocycles. The second-order valence-electron chi connectivity index (χ2n) is 3.63. The maximum absolute atomic E-state index is 11.1. The van der Waals surface area contributed by atoms with Crippen molar-refractivity contribution >= 4 is 11.4 Å². The van der Waals surface area contributed by atoms with Crippen LogP contribution in [0.5, 0.6) is 5.75 Å². The SMILES string of the molecule is C/C=C/CCNc1cccc(OCC)c1[N+](=O)[O-]. The number of nitrogens with one attached hydrogen (secondary N) is 1. The second-order valence-corrected chi connectivity index (χ2v) is 3.63. The molecule has 0 fully saturated rings. The van der Waals surface area contributed by atoms with Gasteiger partial charge in [0.1, 0.15) is 5.69 Å². The zero-order valence-corrected chi connectivity index (χ0v) is 10.7. The number of benzene rings is 1. The molecule has 5 heteroatoms. The molecule has 0 saturated carbocycles. The van der Waals surface area contributed by atoms with Crippen LogP contribution in [0.4, 0.5) is 11.4 Å². The molecule has 0 aliphatic rings. The molecule has 1 N–H and O–H groups in total. The second kappa shape index (κ2) is 7.32. The first-order valence-corrected chi connectivity index (χ1v) is 5.96. The molecule has 0 amide bonds. The topological polar surface area (TPSA) is 64.4 Å². The number of hydrogen-bond donors (Lipinski definition) is 1. The Morgan fingerprint density at radius 1 is 1.50 bits per heavy atom. The van der Waals surface area contributed by atoms with Gasteiger partial charge >= 0.3 is 5.69 Å². The van der Waals surface area contributed by atoms with Crippen molar-refractivity contribution < 1.29 is 9.66 Å². The Morgan fingerprint density at radius 3 is 2.89 bits per heavy atom. The summed E-state index contributed by atoms with van der Waals surface area (Å²) in [5, 5.41) is 14.1. The number of allylic oxidation sites excluding steroid dienone is 1. The van der Waals surface area contributed by atoms with Crippen LogP contribution < -0.4 is 10.1 Å². The van der Waals surface area contributed by atoms with Gasteiger partial charge in [0.25, 0.3) is 0 Å². The van der Waals surface area contributed by atoms with E-state index < -0.39 is 4.92 Å². The van der Waals surface area contributed by atoms with Gasteiger partial charge in [-0.05, 0) is 32.4 Å². The average Bonchev–Trinajstić information content (AvgIpc) is 2.35. The molecule has 98 valence electrons. The van der Waals surface area contributed by atoms with E-state index in [1.807, 2.05) is 19.1 Å². The Bertz CT molecular complexity index is 430. The van der Waals surface area contributed by atoms with E-state index in [4.69, 9.17) is 4.74 Å². The molecule has 0 unspecified atom stereocenters. The van der Waals surface area contributed by atoms with Crippen LogP contribution in [0.2, 0.25) is 0 Å². The fraction of sp³-hybridized carbons (Fsp3) is 0.385. The van der Waals surface area contributed by atoms with E-state index in [1.54, 1.807) is 25.1 Å². The first-order chi connectivity index (χ1) is 8.70. The summed E-state index contributed by atoms with van der Waals surface area (Å²) < 4.78 is 5.27. The normalized spacial score (nSPS) is 10.6. The highest BCUT2D eigenvalue weighted by Crippen LogP contribution is 2.34. The standard InChI is InChI=1S/C13H18N2O3/c1-3-5-6-10-14-11-8-7-9-12(18-4-2)13(11)15(16)17/h3,5,7-9,14H,4,6,10H2,1-2H3/b5-3+. The van der Waals surface area contributed by atoms with E-state index in [9.17, 15) is 10.1 Å². The Balaban J connectivity index is 2.88. The summed E-state index contributed by atoms with van der Waals surface area (Å²) >= 11 is 0. The number of para-hydroxylation sites is 1. The fourth-order valence-corrected chi connectivity index (χ4v) is 1.58. The molecule has 0 bridgehead atoms. The molecule has 0 aliphatic heterocycles. The Morgan fingerprint density at radius 2 is 2.28 bits per heavy atom. The minimum absolute atomic E-state index is 0.000159. The molecule has 0 aromatic heterocycles. The van der Waals surface area contributed by atoms with Crippen LogP contribution >= 0.6 is 0 Å². The molecule has 1 rings (SSSR count). The number of nitro groups is 1. The highest BCUT2D eigenvalue weighted by Gasteiger charge is 2.20. The number of anilines is 1. The van der Waals surface area contributed by atoms with Gasteiger partial charge < -0.3 is 10.1 Å². The van der Waals surface area contributed by atoms with E-state index in [2.05, 4.69) is 5.32 Å². The molecular weight excluding hydrogens is 232 g/mol. The van der Waals surface area contributed by atoms with Gasteiger partial charge in [-0.15, -0.1) is 0 Å². The van der Waals surface area contributed by atoms with Gasteiger partial charge in [-0.1, -0.05) is 18.2 Å². The van der Waals surface area contributed by atoms with Gasteiger partial charge in [0, 0.05) is 6.54 Å². The van der Waals surface area contributed by atoms with Gasteiger partial charge in [-0.2, -0.15) is 0 Å². The maximum Gasteiger partial charge on any atom is 0.333 e. The first-order valence-electron chi connectivity index (χ1n) is 5.96. The van der Waals surface area contributed by atoms with Gasteiger partial charge in [0.05, 0.1) is 11.5 Å². The summed E-state index contributed by atoms with van der Waals surface area (Å²) in [6.45, 7) is 4.80. The predicted octanol–water partition coefficient (Wildman–Crippen LogP) is 3.37. The van der Waals surface area contributed by atoms with Crippen LogP contribution in [0.25, 0.3) is 0 Å². The van der Waals surface area contributed by atoms with Crippen LogP contribution in [0.15, 0.2) is 30.4 Å². The summed E-state index contributed by atoms with van der Waals surface area (Å²) in [6, 6.07) is 5.05. The van der Waals surface area contributed by atoms with Crippen molar-refractivity contribution in [2.45, 2.75) is 20.3 Å². The Kier molecular flexibility index (Phi) is 5.70. The lowest BCUT2D eigenvalue weighted by Crippen LogP contribution is -2.05. The first kappa shape index (κ1) is 14.0. The lowest BCUT2D eigenvalue weighted by atomic mass is 10.2. The highest BCUT2D eigenvalue weighted by atomic mass is 16.6. The van der Waals surface area contributed by atoms with Crippen molar-refractivity contribution in [3.8, 4) is 5.75 Å². The summed E-state index contributed by atoms with van der Waals surface area (Å²) in [6.07, 6.45) is 4.78. The summed E-state index contributed by atoms with van der Waals surface area (Å²) in [5.41, 5.74) is 0.496. The fourth-order valence-electron chi connectivity index (χ4n) is 1.58. The molecule has 0 atom stereocenters. The zero-order valence-electron chi connectivity index (χ0n) is 10.7. The predicted molar refractivity (Wildman–Crippen MR) is 72.2 cm³/mol. The molecule has 0 spiro atoms. The molecule has 18 heavy (non-hydrogen) atoms. The van der Waals surface area contributed by atoms with Crippen molar-refractivity contribution in [2.24, 2.45) is 0 Å². The average molecular weight is 250 g/mol. The minimum Gasteiger partial charge on any atom is -0.487 e. The van der Waals surface area contributed by atoms with E-state index in [0.29, 0.717) is 24.6 Å². The summed E-state index contributed by atoms with van der Waals surface area (Å²) in [7, 11) is 0. The third kappa shape index (κ3) is 3.76. The van der Waals surface area contributed by atoms with Crippen molar-refractivity contribution in [2.75, 3.05) is 18.5 Å². The lowest BCUT2D eigenvalue weighted by Gasteiger charge is -2.09. The Labute approximate surface area is 107 Å². The van der Waals surface area contributed by atoms with Crippen molar-refractivity contribution in [1.82, 2.24) is 0 Å². The molecule has 0 saturated heterocycles. The van der Waals surface area contributed by atoms with E-state index >= 15 is 0 Å². The molecule has 0 aliphatic carbocycles. The number of nitrogens with zero attached hydrogens (tertiary/aromatic N) is 1. The third-order valence-electron chi connectivity index (χ3n) is 2.34. The number of rotatable bonds is 7. The maximum atomic E-state index is 11.1. The summed E-state index contributed by atoms with van der Waals surface area (Å²) in [4.78, 5) is 10.7. The van der Waals surface area contributed by atoms with Crippen LogP contribution in [0.1, 0.15) is 20.3 Å². The van der Waals surface area contributed by atoms with Gasteiger partial charge in [0.15, 0.2) is 5.75 Å². The van der Waals surface area contributed by atoms with Crippen LogP contribution in [-0.4, -0.2) is 18.1 Å². The van der Waals surface area contributed by atoms with Gasteiger partial charge in [-0.25, -0.2) is 0 Å². The summed E-state index contributed by atoms with van der Waals surface area (Å²) in [5.74, 6) is 0.304. The van der Waals surface area contributed by atoms with Crippen LogP contribution in [0.3, 0.4) is 0 Å². The largest absolute Gasteiger partial charge is 0.487 e. The molecular formula is C13H18N2O3. The number of ether oxygens (including phenoxy) is 1. The molecule has 1 aromatic rings. The van der Waals surface area contributed by atoms with Crippen molar-refractivity contribution in [1.29, 1.82) is 0 Å². The zero-order chi connectivity index (χ0) is 13.4. The van der Waals surface area contributed by atoms with E-state index in [1.165, 1.54) is 0 Å². The third-order valence-corrected chi connectivity index (χ3v) is 2.34. The number of nitro benzene ring substituents is 1. The molecule has 5 nitrogen and oxygen atoms in total. The van der Waals surface area contributed by atoms with E-state index in [0.717, 1.165) is 6.42 Å². The highest BCUT2D eigenvalue weighted by molar-refractivity contribution is 5.68. The lowest BCUT2D eigenvalue weighted by molar-refractivity contribution is -0.384. The van der Waals surface area contributed by atoms with Crippen LogP contribution in [0, 0.1) is 10.1 Å². The van der Waals surface area contributed by atoms with Gasteiger partial charge in [0.2, 0.25) is 0 Å². The quantitative estimate of drug-likeness (QED) is 0.349. The Hall–Kier alpha value is -2.04. The van der Waals surface area contributed by atoms with E-state index in [-0.39, 0.29) is 5.69 Å². The van der Waals surface area contributed by atoms with Gasteiger partial charge in [-0.3, -0.25) is 10.1 Å². The number of hydrogen-bond acceptors (Lipinski definition) is 4. The van der Waals surface area contributed by atoms with Crippen molar-refractivity contribution in [3.05, 3.63) is 40.5 Å². The monoisotopic (exact) mass is 250 g/mol.